The summed E-state index contributed by atoms with van der Waals surface area (Å²) in [7, 11) is 1.62. The molecule has 0 unspecified atom stereocenters. The normalized spacial score (nSPS) is 16.6. The van der Waals surface area contributed by atoms with Gasteiger partial charge in [-0.25, -0.2) is 5.01 Å². The summed E-state index contributed by atoms with van der Waals surface area (Å²) in [5.74, 6) is 1.07. The predicted molar refractivity (Wildman–Crippen MR) is 141 cm³/mol. The van der Waals surface area contributed by atoms with Crippen molar-refractivity contribution < 1.29 is 14.3 Å². The van der Waals surface area contributed by atoms with Gasteiger partial charge in [0.1, 0.15) is 12.3 Å². The van der Waals surface area contributed by atoms with Gasteiger partial charge in [0, 0.05) is 10.8 Å². The van der Waals surface area contributed by atoms with Crippen molar-refractivity contribution in [1.82, 2.24) is 10.3 Å². The molecule has 0 fully saturated rings. The highest BCUT2D eigenvalue weighted by Gasteiger charge is 2.34. The Kier molecular flexibility index (Phi) is 6.46. The molecule has 34 heavy (non-hydrogen) atoms. The van der Waals surface area contributed by atoms with Crippen molar-refractivity contribution in [3.05, 3.63) is 92.0 Å². The number of thioether (sulfide) groups is 1. The molecular weight excluding hydrogens is 563 g/mol. The second-order valence-electron chi connectivity index (χ2n) is 7.58. The fourth-order valence-corrected chi connectivity index (χ4v) is 5.04. The first-order chi connectivity index (χ1) is 16.6. The van der Waals surface area contributed by atoms with Crippen LogP contribution in [0, 0.1) is 3.57 Å². The van der Waals surface area contributed by atoms with Gasteiger partial charge in [-0.05, 0) is 52.6 Å². The van der Waals surface area contributed by atoms with Gasteiger partial charge in [-0.15, -0.1) is 5.10 Å². The Balaban J connectivity index is 1.58. The molecule has 0 aliphatic carbocycles. The lowest BCUT2D eigenvalue weighted by Crippen LogP contribution is -2.50. The van der Waals surface area contributed by atoms with E-state index in [1.54, 1.807) is 12.1 Å². The number of hydrazone groups is 1. The van der Waals surface area contributed by atoms with Crippen molar-refractivity contribution in [1.29, 1.82) is 0 Å². The van der Waals surface area contributed by atoms with Crippen LogP contribution in [0.2, 0.25) is 0 Å². The number of hydrogen-bond acceptors (Lipinski definition) is 7. The van der Waals surface area contributed by atoms with E-state index in [0.717, 1.165) is 25.3 Å². The summed E-state index contributed by atoms with van der Waals surface area (Å²) in [5, 5.41) is 11.3. The largest absolute Gasteiger partial charge is 0.493 e. The second kappa shape index (κ2) is 9.67. The van der Waals surface area contributed by atoms with Crippen LogP contribution in [0.5, 0.6) is 11.5 Å². The highest BCUT2D eigenvalue weighted by Crippen LogP contribution is 2.39. The summed E-state index contributed by atoms with van der Waals surface area (Å²) in [6, 6.07) is 21.5. The number of nitrogens with one attached hydrogen (secondary N) is 1. The number of nitrogens with zero attached hydrogens (tertiary/aromatic N) is 3. The molecule has 0 saturated carbocycles. The third kappa shape index (κ3) is 4.25. The van der Waals surface area contributed by atoms with Crippen LogP contribution >= 0.6 is 34.4 Å². The van der Waals surface area contributed by atoms with Crippen LogP contribution in [-0.4, -0.2) is 29.4 Å². The van der Waals surface area contributed by atoms with Gasteiger partial charge in [-0.3, -0.25) is 15.1 Å². The number of hydrogen-bond donors (Lipinski definition) is 1. The Morgan fingerprint density at radius 1 is 1.12 bits per heavy atom. The van der Waals surface area contributed by atoms with Crippen LogP contribution < -0.4 is 25.4 Å². The summed E-state index contributed by atoms with van der Waals surface area (Å²) in [4.78, 5) is 18.0. The zero-order chi connectivity index (χ0) is 23.7. The second-order valence-corrected chi connectivity index (χ2v) is 9.54. The fraction of sp³-hybridized carbons (Fsp3) is 0.160. The minimum absolute atomic E-state index is 0.198. The van der Waals surface area contributed by atoms with E-state index in [4.69, 9.17) is 14.5 Å². The Bertz CT molecular complexity index is 1410. The van der Waals surface area contributed by atoms with E-state index in [1.165, 1.54) is 11.8 Å². The summed E-state index contributed by atoms with van der Waals surface area (Å²) < 4.78 is 12.7. The third-order valence-corrected chi connectivity index (χ3v) is 6.86. The number of rotatable bonds is 5. The molecule has 172 valence electrons. The lowest BCUT2D eigenvalue weighted by atomic mass is 10.1. The number of carbonyl (C=O) groups is 1. The first kappa shape index (κ1) is 22.7. The molecule has 0 spiro atoms. The molecule has 3 aromatic carbocycles. The van der Waals surface area contributed by atoms with E-state index in [1.807, 2.05) is 73.0 Å². The van der Waals surface area contributed by atoms with Gasteiger partial charge in [0.15, 0.2) is 22.8 Å². The average Bonchev–Trinajstić information content (AvgIpc) is 2.87. The third-order valence-electron chi connectivity index (χ3n) is 5.48. The van der Waals surface area contributed by atoms with Crippen molar-refractivity contribution in [2.24, 2.45) is 10.1 Å². The maximum atomic E-state index is 13.0. The summed E-state index contributed by atoms with van der Waals surface area (Å²) in [6.07, 6.45) is 1.35. The predicted octanol–water partition coefficient (Wildman–Crippen LogP) is 3.38. The highest BCUT2D eigenvalue weighted by molar-refractivity contribution is 14.1. The van der Waals surface area contributed by atoms with Crippen LogP contribution in [0.4, 0.5) is 0 Å². The van der Waals surface area contributed by atoms with Crippen molar-refractivity contribution >= 4 is 51.1 Å². The average molecular weight is 584 g/mol. The number of benzene rings is 3. The monoisotopic (exact) mass is 584 g/mol. The number of fused-ring (bicyclic) bond motifs is 2. The minimum atomic E-state index is -0.524. The van der Waals surface area contributed by atoms with E-state index in [0.29, 0.717) is 29.0 Å². The number of methoxy groups -OCH3 is 1. The van der Waals surface area contributed by atoms with Crippen LogP contribution in [-0.2, 0) is 11.4 Å². The molecule has 0 radical (unpaired) electrons. The maximum Gasteiger partial charge on any atom is 0.276 e. The van der Waals surface area contributed by atoms with Crippen molar-refractivity contribution in [2.75, 3.05) is 13.4 Å². The lowest BCUT2D eigenvalue weighted by molar-refractivity contribution is -0.116. The van der Waals surface area contributed by atoms with Gasteiger partial charge in [-0.1, -0.05) is 60.3 Å². The molecular formula is C25H21IN4O3S. The number of carbonyl (C=O) groups excluding carboxylic acids is 1. The fourth-order valence-electron chi connectivity index (χ4n) is 3.90. The van der Waals surface area contributed by atoms with Gasteiger partial charge in [-0.2, -0.15) is 0 Å². The number of para-hydroxylation sites is 1. The zero-order valence-corrected chi connectivity index (χ0v) is 21.5. The van der Waals surface area contributed by atoms with Crippen LogP contribution in [0.15, 0.2) is 76.8 Å². The van der Waals surface area contributed by atoms with Crippen LogP contribution in [0.25, 0.3) is 5.70 Å². The molecule has 0 bridgehead atoms. The zero-order valence-electron chi connectivity index (χ0n) is 18.5. The highest BCUT2D eigenvalue weighted by atomic mass is 127. The topological polar surface area (TPSA) is 75.5 Å². The van der Waals surface area contributed by atoms with E-state index in [9.17, 15) is 4.79 Å². The van der Waals surface area contributed by atoms with Crippen LogP contribution in [0.3, 0.4) is 0 Å². The molecule has 3 aromatic rings. The maximum absolute atomic E-state index is 13.0. The Morgan fingerprint density at radius 2 is 1.88 bits per heavy atom. The van der Waals surface area contributed by atoms with Gasteiger partial charge >= 0.3 is 0 Å². The quantitative estimate of drug-likeness (QED) is 0.466. The Hall–Kier alpha value is -3.05. The molecule has 2 aliphatic rings. The van der Waals surface area contributed by atoms with E-state index < -0.39 is 6.17 Å². The molecule has 2 aliphatic heterocycles. The molecule has 1 N–H and O–H groups in total. The van der Waals surface area contributed by atoms with Crippen LogP contribution in [0.1, 0.15) is 17.3 Å². The van der Waals surface area contributed by atoms with Crippen molar-refractivity contribution in [3.63, 3.8) is 0 Å². The summed E-state index contributed by atoms with van der Waals surface area (Å²) >= 11 is 3.62. The molecule has 5 rings (SSSR count). The SMILES string of the molecule is COc1cc([C@H]2N=c3ccccc3=C3C(=O)NC(SC)=NN32)cc(I)c1OCc1ccccc1. The standard InChI is InChI=1S/C25H21IN4O3S/c1-32-20-13-16(12-18(26)22(20)33-14-15-8-4-3-5-9-15)23-27-19-11-7-6-10-17(19)21-24(31)28-25(34-2)29-30(21)23/h3-13,23H,14H2,1-2H3,(H,28,29,31)/t23-/m0/s1. The van der Waals surface area contributed by atoms with Crippen molar-refractivity contribution in [2.45, 2.75) is 12.8 Å². The van der Waals surface area contributed by atoms with Gasteiger partial charge < -0.3 is 9.47 Å². The van der Waals surface area contributed by atoms with Gasteiger partial charge in [0.25, 0.3) is 5.91 Å². The molecule has 1 atom stereocenters. The molecule has 2 heterocycles. The van der Waals surface area contributed by atoms with E-state index in [2.05, 4.69) is 33.0 Å². The number of amidine groups is 1. The van der Waals surface area contributed by atoms with Gasteiger partial charge in [0.05, 0.1) is 16.0 Å². The molecule has 9 heteroatoms. The summed E-state index contributed by atoms with van der Waals surface area (Å²) in [6.45, 7) is 0.430. The first-order valence-corrected chi connectivity index (χ1v) is 12.8. The van der Waals surface area contributed by atoms with E-state index in [-0.39, 0.29) is 5.91 Å². The lowest BCUT2D eigenvalue weighted by Gasteiger charge is -2.34. The number of halogens is 1. The molecule has 0 saturated heterocycles. The Labute approximate surface area is 214 Å². The summed E-state index contributed by atoms with van der Waals surface area (Å²) in [5.41, 5.74) is 2.40. The Morgan fingerprint density at radius 3 is 2.65 bits per heavy atom. The molecule has 7 nitrogen and oxygen atoms in total. The number of amides is 1. The van der Waals surface area contributed by atoms with Gasteiger partial charge in [0.2, 0.25) is 0 Å². The molecule has 1 amide bonds. The number of ether oxygens (including phenoxy) is 2. The van der Waals surface area contributed by atoms with E-state index >= 15 is 0 Å². The molecule has 0 aromatic heterocycles. The first-order valence-electron chi connectivity index (χ1n) is 10.5. The smallest absolute Gasteiger partial charge is 0.276 e. The minimum Gasteiger partial charge on any atom is -0.493 e. The van der Waals surface area contributed by atoms with Crippen molar-refractivity contribution in [3.8, 4) is 11.5 Å².